The van der Waals surface area contributed by atoms with E-state index in [0.29, 0.717) is 24.1 Å². The zero-order chi connectivity index (χ0) is 25.4. The number of nitrogens with zero attached hydrogens (tertiary/aromatic N) is 3. The summed E-state index contributed by atoms with van der Waals surface area (Å²) in [5.41, 5.74) is 6.72. The normalized spacial score (nSPS) is 15.3. The molecule has 3 aromatic carbocycles. The summed E-state index contributed by atoms with van der Waals surface area (Å²) in [5.74, 6) is -0.0685. The first-order valence-electron chi connectivity index (χ1n) is 12.3. The van der Waals surface area contributed by atoms with E-state index < -0.39 is 0 Å². The topological polar surface area (TPSA) is 68.8 Å². The number of benzene rings is 3. The van der Waals surface area contributed by atoms with E-state index in [9.17, 15) is 9.59 Å². The Morgan fingerprint density at radius 1 is 1.03 bits per heavy atom. The number of H-pyrrole nitrogens is 1. The van der Waals surface area contributed by atoms with Crippen LogP contribution in [0.1, 0.15) is 42.5 Å². The second-order valence-electron chi connectivity index (χ2n) is 9.46. The fourth-order valence-electron chi connectivity index (χ4n) is 4.89. The molecule has 0 aliphatic carbocycles. The van der Waals surface area contributed by atoms with Crippen molar-refractivity contribution >= 4 is 28.2 Å². The quantitative estimate of drug-likeness (QED) is 0.403. The van der Waals surface area contributed by atoms with Crippen molar-refractivity contribution in [1.82, 2.24) is 9.99 Å². The molecule has 0 spiro atoms. The van der Waals surface area contributed by atoms with Crippen molar-refractivity contribution in [2.75, 3.05) is 19.0 Å². The maximum absolute atomic E-state index is 13.6. The molecule has 4 aromatic rings. The van der Waals surface area contributed by atoms with Crippen LogP contribution < -0.4 is 10.5 Å². The van der Waals surface area contributed by atoms with Crippen LogP contribution in [0.25, 0.3) is 22.0 Å². The van der Waals surface area contributed by atoms with Crippen LogP contribution in [-0.4, -0.2) is 35.7 Å². The van der Waals surface area contributed by atoms with Crippen LogP contribution in [0, 0.1) is 6.92 Å². The van der Waals surface area contributed by atoms with Crippen molar-refractivity contribution in [3.8, 4) is 11.1 Å². The monoisotopic (exact) mass is 478 g/mol. The molecule has 1 amide bonds. The number of aromatic nitrogens is 1. The molecule has 1 N–H and O–H groups in total. The standard InChI is InChI=1S/C30H30N4O2/c1-5-27(35)34-26(20-12-14-22(15-13-20)33(3)4)18-25(32-34)29-28(21-9-7-6-8-10-21)23-17-19(2)11-16-24(23)31-30(29)36/h6-17,26H,5,18H2,1-4H3,(H,31,36)/t26-/m0/s1. The van der Waals surface area contributed by atoms with E-state index in [4.69, 9.17) is 5.10 Å². The number of fused-ring (bicyclic) bond motifs is 1. The number of carbonyl (C=O) groups is 1. The van der Waals surface area contributed by atoms with Gasteiger partial charge in [-0.25, -0.2) is 5.01 Å². The molecule has 1 aliphatic rings. The van der Waals surface area contributed by atoms with E-state index in [1.165, 1.54) is 0 Å². The lowest BCUT2D eigenvalue weighted by Crippen LogP contribution is -2.26. The third-order valence-corrected chi connectivity index (χ3v) is 6.78. The maximum Gasteiger partial charge on any atom is 0.258 e. The molecule has 5 rings (SSSR count). The van der Waals surface area contributed by atoms with Crippen molar-refractivity contribution < 1.29 is 4.79 Å². The van der Waals surface area contributed by atoms with Gasteiger partial charge in [0, 0.05) is 49.1 Å². The first kappa shape index (κ1) is 23.5. The highest BCUT2D eigenvalue weighted by atomic mass is 16.2. The van der Waals surface area contributed by atoms with E-state index in [2.05, 4.69) is 11.1 Å². The van der Waals surface area contributed by atoms with Gasteiger partial charge in [0.05, 0.1) is 17.3 Å². The van der Waals surface area contributed by atoms with Crippen LogP contribution in [0.5, 0.6) is 0 Å². The fraction of sp³-hybridized carbons (Fsp3) is 0.233. The molecule has 1 aliphatic heterocycles. The zero-order valence-corrected chi connectivity index (χ0v) is 21.1. The number of rotatable bonds is 5. The Bertz CT molecular complexity index is 1520. The van der Waals surface area contributed by atoms with Crippen molar-refractivity contribution in [3.63, 3.8) is 0 Å². The number of pyridine rings is 1. The summed E-state index contributed by atoms with van der Waals surface area (Å²) in [6.45, 7) is 3.88. The SMILES string of the molecule is CCC(=O)N1N=C(c2c(-c3ccccc3)c3cc(C)ccc3[nH]c2=O)C[C@H]1c1ccc(N(C)C)cc1. The van der Waals surface area contributed by atoms with E-state index in [-0.39, 0.29) is 17.5 Å². The summed E-state index contributed by atoms with van der Waals surface area (Å²) in [4.78, 5) is 31.6. The maximum atomic E-state index is 13.6. The number of amides is 1. The molecule has 1 aromatic heterocycles. The molecule has 0 fully saturated rings. The summed E-state index contributed by atoms with van der Waals surface area (Å²) in [6.07, 6.45) is 0.801. The summed E-state index contributed by atoms with van der Waals surface area (Å²) >= 11 is 0. The van der Waals surface area contributed by atoms with Gasteiger partial charge in [-0.1, -0.05) is 61.0 Å². The average molecular weight is 479 g/mol. The minimum absolute atomic E-state index is 0.0685. The van der Waals surface area contributed by atoms with Crippen LogP contribution in [0.4, 0.5) is 5.69 Å². The van der Waals surface area contributed by atoms with Crippen LogP contribution in [-0.2, 0) is 4.79 Å². The molecule has 182 valence electrons. The Balaban J connectivity index is 1.69. The van der Waals surface area contributed by atoms with E-state index in [1.54, 1.807) is 5.01 Å². The highest BCUT2D eigenvalue weighted by Gasteiger charge is 2.34. The Morgan fingerprint density at radius 2 is 1.75 bits per heavy atom. The number of carbonyl (C=O) groups excluding carboxylic acids is 1. The third-order valence-electron chi connectivity index (χ3n) is 6.78. The Hall–Kier alpha value is -4.19. The second-order valence-corrected chi connectivity index (χ2v) is 9.46. The Labute approximate surface area is 210 Å². The summed E-state index contributed by atoms with van der Waals surface area (Å²) < 4.78 is 0. The lowest BCUT2D eigenvalue weighted by molar-refractivity contribution is -0.132. The first-order chi connectivity index (χ1) is 17.4. The number of nitrogens with one attached hydrogen (secondary N) is 1. The Morgan fingerprint density at radius 3 is 2.42 bits per heavy atom. The van der Waals surface area contributed by atoms with Gasteiger partial charge in [-0.05, 0) is 42.3 Å². The van der Waals surface area contributed by atoms with E-state index in [0.717, 1.165) is 38.8 Å². The van der Waals surface area contributed by atoms with Crippen LogP contribution in [0.3, 0.4) is 0 Å². The third kappa shape index (κ3) is 4.19. The molecule has 0 bridgehead atoms. The van der Waals surface area contributed by atoms with Gasteiger partial charge in [0.1, 0.15) is 0 Å². The van der Waals surface area contributed by atoms with Crippen molar-refractivity contribution in [2.24, 2.45) is 5.10 Å². The van der Waals surface area contributed by atoms with Crippen LogP contribution in [0.15, 0.2) is 82.7 Å². The molecular weight excluding hydrogens is 448 g/mol. The number of hydrazone groups is 1. The molecule has 0 unspecified atom stereocenters. The molecule has 0 saturated heterocycles. The zero-order valence-electron chi connectivity index (χ0n) is 21.1. The average Bonchev–Trinajstić information content (AvgIpc) is 3.33. The van der Waals surface area contributed by atoms with Gasteiger partial charge in [0.15, 0.2) is 0 Å². The molecular formula is C30H30N4O2. The number of aromatic amines is 1. The van der Waals surface area contributed by atoms with Gasteiger partial charge in [-0.2, -0.15) is 5.10 Å². The number of hydrogen-bond acceptors (Lipinski definition) is 4. The second kappa shape index (κ2) is 9.46. The molecule has 36 heavy (non-hydrogen) atoms. The van der Waals surface area contributed by atoms with Crippen LogP contribution in [0.2, 0.25) is 0 Å². The molecule has 0 saturated carbocycles. The van der Waals surface area contributed by atoms with Crippen molar-refractivity contribution in [3.05, 3.63) is 99.8 Å². The van der Waals surface area contributed by atoms with Gasteiger partial charge in [0.2, 0.25) is 5.91 Å². The molecule has 6 heteroatoms. The predicted molar refractivity (Wildman–Crippen MR) is 147 cm³/mol. The number of aryl methyl sites for hydroxylation is 1. The minimum atomic E-state index is -0.264. The Kier molecular flexibility index (Phi) is 6.18. The molecule has 2 heterocycles. The van der Waals surface area contributed by atoms with Crippen molar-refractivity contribution in [1.29, 1.82) is 0 Å². The highest BCUT2D eigenvalue weighted by molar-refractivity contribution is 6.13. The number of anilines is 1. The minimum Gasteiger partial charge on any atom is -0.378 e. The smallest absolute Gasteiger partial charge is 0.258 e. The van der Waals surface area contributed by atoms with Gasteiger partial charge in [-0.15, -0.1) is 0 Å². The molecule has 0 radical (unpaired) electrons. The highest BCUT2D eigenvalue weighted by Crippen LogP contribution is 2.37. The van der Waals surface area contributed by atoms with Gasteiger partial charge < -0.3 is 9.88 Å². The van der Waals surface area contributed by atoms with Gasteiger partial charge in [0.25, 0.3) is 5.56 Å². The van der Waals surface area contributed by atoms with Crippen LogP contribution >= 0.6 is 0 Å². The predicted octanol–water partition coefficient (Wildman–Crippen LogP) is 5.66. The largest absolute Gasteiger partial charge is 0.378 e. The number of hydrogen-bond donors (Lipinski definition) is 1. The van der Waals surface area contributed by atoms with Gasteiger partial charge in [-0.3, -0.25) is 9.59 Å². The summed E-state index contributed by atoms with van der Waals surface area (Å²) in [5, 5.41) is 7.32. The molecule has 1 atom stereocenters. The lowest BCUT2D eigenvalue weighted by Gasteiger charge is -2.22. The summed E-state index contributed by atoms with van der Waals surface area (Å²) in [7, 11) is 4.00. The summed E-state index contributed by atoms with van der Waals surface area (Å²) in [6, 6.07) is 23.9. The first-order valence-corrected chi connectivity index (χ1v) is 12.3. The van der Waals surface area contributed by atoms with E-state index in [1.807, 2.05) is 99.6 Å². The van der Waals surface area contributed by atoms with E-state index >= 15 is 0 Å². The molecule has 6 nitrogen and oxygen atoms in total. The van der Waals surface area contributed by atoms with Crippen molar-refractivity contribution in [2.45, 2.75) is 32.7 Å². The van der Waals surface area contributed by atoms with Gasteiger partial charge >= 0.3 is 0 Å². The lowest BCUT2D eigenvalue weighted by atomic mass is 9.90. The fourth-order valence-corrected chi connectivity index (χ4v) is 4.89.